The van der Waals surface area contributed by atoms with Crippen LogP contribution >= 0.6 is 11.3 Å². The van der Waals surface area contributed by atoms with Gasteiger partial charge in [-0.1, -0.05) is 29.6 Å². The Morgan fingerprint density at radius 1 is 1.47 bits per heavy atom. The van der Waals surface area contributed by atoms with Gasteiger partial charge >= 0.3 is 6.03 Å². The fourth-order valence-corrected chi connectivity index (χ4v) is 4.93. The summed E-state index contributed by atoms with van der Waals surface area (Å²) in [6.45, 7) is 4.88. The molecule has 2 aromatic rings. The lowest BCUT2D eigenvalue weighted by Crippen LogP contribution is -2.40. The molecule has 4 rings (SSSR count). The maximum absolute atomic E-state index is 12.9. The van der Waals surface area contributed by atoms with E-state index in [0.717, 1.165) is 49.2 Å². The van der Waals surface area contributed by atoms with E-state index < -0.39 is 0 Å². The van der Waals surface area contributed by atoms with E-state index in [-0.39, 0.29) is 6.03 Å². The molecular formula is C22H28N4O3S. The lowest BCUT2D eigenvalue weighted by molar-refractivity contribution is 0.0445. The minimum Gasteiger partial charge on any atom is -0.479 e. The van der Waals surface area contributed by atoms with Crippen LogP contribution in [0.2, 0.25) is 0 Å². The number of amides is 2. The van der Waals surface area contributed by atoms with E-state index in [0.29, 0.717) is 35.5 Å². The molecule has 1 aliphatic heterocycles. The monoisotopic (exact) mass is 428 g/mol. The summed E-state index contributed by atoms with van der Waals surface area (Å²) in [5.74, 6) is 0.867. The highest BCUT2D eigenvalue weighted by Gasteiger charge is 2.22. The normalized spacial score (nSPS) is 18.9. The van der Waals surface area contributed by atoms with E-state index in [1.165, 1.54) is 16.9 Å². The number of nitrogens with zero attached hydrogens (tertiary/aromatic N) is 3. The fraction of sp³-hybridized carbons (Fsp3) is 0.500. The Balaban J connectivity index is 1.57. The van der Waals surface area contributed by atoms with Crippen molar-refractivity contribution in [3.63, 3.8) is 0 Å². The fourth-order valence-electron chi connectivity index (χ4n) is 3.94. The first kappa shape index (κ1) is 20.8. The molecule has 0 saturated carbocycles. The second kappa shape index (κ2) is 9.57. The largest absolute Gasteiger partial charge is 0.479 e. The molecule has 1 saturated heterocycles. The summed E-state index contributed by atoms with van der Waals surface area (Å²) in [6.07, 6.45) is 12.3. The van der Waals surface area contributed by atoms with Crippen molar-refractivity contribution in [3.05, 3.63) is 30.0 Å². The van der Waals surface area contributed by atoms with Gasteiger partial charge < -0.3 is 14.4 Å². The molecule has 0 spiro atoms. The number of hydrogen-bond donors (Lipinski definition) is 1. The molecule has 2 amide bonds. The molecule has 0 radical (unpaired) electrons. The Morgan fingerprint density at radius 2 is 2.37 bits per heavy atom. The number of rotatable bonds is 6. The number of aromatic nitrogens is 2. The van der Waals surface area contributed by atoms with Crippen molar-refractivity contribution >= 4 is 38.3 Å². The Labute approximate surface area is 180 Å². The molecule has 160 valence electrons. The number of ether oxygens (including phenoxy) is 2. The van der Waals surface area contributed by atoms with Crippen molar-refractivity contribution in [2.75, 3.05) is 38.7 Å². The third-order valence-electron chi connectivity index (χ3n) is 5.55. The topological polar surface area (TPSA) is 76.6 Å². The highest BCUT2D eigenvalue weighted by atomic mass is 32.1. The number of nitrogens with one attached hydrogen (secondary N) is 1. The van der Waals surface area contributed by atoms with Crippen LogP contribution in [0, 0.1) is 5.92 Å². The summed E-state index contributed by atoms with van der Waals surface area (Å²) in [4.78, 5) is 23.8. The third-order valence-corrected chi connectivity index (χ3v) is 6.56. The summed E-state index contributed by atoms with van der Waals surface area (Å²) in [7, 11) is 1.59. The molecule has 0 aromatic carbocycles. The van der Waals surface area contributed by atoms with Gasteiger partial charge in [-0.05, 0) is 38.2 Å². The lowest BCUT2D eigenvalue weighted by Gasteiger charge is -2.28. The predicted octanol–water partition coefficient (Wildman–Crippen LogP) is 4.71. The summed E-state index contributed by atoms with van der Waals surface area (Å²) in [5.41, 5.74) is 2.97. The zero-order valence-electron chi connectivity index (χ0n) is 17.5. The molecule has 1 aliphatic carbocycles. The number of allylic oxidation sites excluding steroid dienone is 4. The van der Waals surface area contributed by atoms with Gasteiger partial charge in [-0.3, -0.25) is 5.32 Å². The molecule has 30 heavy (non-hydrogen) atoms. The zero-order chi connectivity index (χ0) is 20.9. The first-order valence-electron chi connectivity index (χ1n) is 10.5. The van der Waals surface area contributed by atoms with Gasteiger partial charge in [-0.15, -0.1) is 0 Å². The highest BCUT2D eigenvalue weighted by molar-refractivity contribution is 7.22. The minimum absolute atomic E-state index is 0.129. The first-order chi connectivity index (χ1) is 14.7. The van der Waals surface area contributed by atoms with E-state index in [1.807, 2.05) is 18.0 Å². The number of carbonyl (C=O) groups is 1. The molecule has 1 atom stereocenters. The van der Waals surface area contributed by atoms with Gasteiger partial charge in [0, 0.05) is 37.4 Å². The van der Waals surface area contributed by atoms with Crippen LogP contribution in [0.1, 0.15) is 38.2 Å². The molecule has 2 aliphatic rings. The van der Waals surface area contributed by atoms with Crippen LogP contribution in [0.5, 0.6) is 5.88 Å². The summed E-state index contributed by atoms with van der Waals surface area (Å²) < 4.78 is 12.0. The van der Waals surface area contributed by atoms with Gasteiger partial charge in [0.25, 0.3) is 0 Å². The van der Waals surface area contributed by atoms with Gasteiger partial charge in [0.15, 0.2) is 5.13 Å². The molecule has 1 N–H and O–H groups in total. The van der Waals surface area contributed by atoms with Crippen molar-refractivity contribution in [1.82, 2.24) is 14.9 Å². The molecule has 8 heteroatoms. The number of hydrogen-bond acceptors (Lipinski definition) is 6. The maximum atomic E-state index is 12.9. The van der Waals surface area contributed by atoms with Crippen LogP contribution in [-0.4, -0.2) is 54.3 Å². The van der Waals surface area contributed by atoms with Gasteiger partial charge in [0.05, 0.1) is 18.4 Å². The van der Waals surface area contributed by atoms with E-state index in [2.05, 4.69) is 33.5 Å². The number of thiazole rings is 1. The van der Waals surface area contributed by atoms with E-state index in [9.17, 15) is 4.79 Å². The standard InChI is InChI=1S/C22H28N4O3S/c1-3-26(13-15-8-7-11-29-14-15)22(27)25-21-24-18-19(30-21)17(12-23-20(18)28-2)16-9-5-4-6-10-16/h4-5,9,12,15H,3,6-8,10-11,13-14H2,1-2H3,(H,24,25,27)/t15-/m0/s1. The Bertz CT molecular complexity index is 963. The number of fused-ring (bicyclic) bond motifs is 1. The molecule has 7 nitrogen and oxygen atoms in total. The van der Waals surface area contributed by atoms with E-state index in [4.69, 9.17) is 9.47 Å². The lowest BCUT2D eigenvalue weighted by atomic mass is 9.99. The minimum atomic E-state index is -0.129. The van der Waals surface area contributed by atoms with Gasteiger partial charge in [-0.25, -0.2) is 14.8 Å². The van der Waals surface area contributed by atoms with E-state index >= 15 is 0 Å². The van der Waals surface area contributed by atoms with Gasteiger partial charge in [-0.2, -0.15) is 0 Å². The summed E-state index contributed by atoms with van der Waals surface area (Å²) >= 11 is 1.47. The van der Waals surface area contributed by atoms with E-state index in [1.54, 1.807) is 7.11 Å². The second-order valence-electron chi connectivity index (χ2n) is 7.59. The number of methoxy groups -OCH3 is 1. The second-order valence-corrected chi connectivity index (χ2v) is 8.59. The molecular weight excluding hydrogens is 400 g/mol. The third kappa shape index (κ3) is 4.49. The summed E-state index contributed by atoms with van der Waals surface area (Å²) in [6, 6.07) is -0.129. The first-order valence-corrected chi connectivity index (χ1v) is 11.3. The number of carbonyl (C=O) groups excluding carboxylic acids is 1. The van der Waals surface area contributed by atoms with Crippen LogP contribution < -0.4 is 10.1 Å². The van der Waals surface area contributed by atoms with Gasteiger partial charge in [0.1, 0.15) is 5.52 Å². The van der Waals surface area contributed by atoms with Crippen LogP contribution in [0.4, 0.5) is 9.93 Å². The Hall–Kier alpha value is -2.45. The number of anilines is 1. The smallest absolute Gasteiger partial charge is 0.323 e. The molecule has 1 fully saturated rings. The van der Waals surface area contributed by atoms with Crippen molar-refractivity contribution in [2.24, 2.45) is 5.92 Å². The molecule has 0 bridgehead atoms. The van der Waals surface area contributed by atoms with Crippen LogP contribution in [0.3, 0.4) is 0 Å². The van der Waals surface area contributed by atoms with Crippen molar-refractivity contribution in [1.29, 1.82) is 0 Å². The van der Waals surface area contributed by atoms with Crippen LogP contribution in [0.25, 0.3) is 15.8 Å². The van der Waals surface area contributed by atoms with Crippen LogP contribution in [0.15, 0.2) is 24.4 Å². The molecule has 0 unspecified atom stereocenters. The SMILES string of the molecule is CCN(C[C@@H]1CCCOC1)C(=O)Nc1nc2c(OC)ncc(C3=CC=CCC3)c2s1. The maximum Gasteiger partial charge on any atom is 0.323 e. The Morgan fingerprint density at radius 3 is 3.07 bits per heavy atom. The van der Waals surface area contributed by atoms with Gasteiger partial charge in [0.2, 0.25) is 5.88 Å². The predicted molar refractivity (Wildman–Crippen MR) is 120 cm³/mol. The number of pyridine rings is 1. The van der Waals surface area contributed by atoms with Crippen molar-refractivity contribution in [3.8, 4) is 5.88 Å². The zero-order valence-corrected chi connectivity index (χ0v) is 18.3. The highest BCUT2D eigenvalue weighted by Crippen LogP contribution is 2.38. The summed E-state index contributed by atoms with van der Waals surface area (Å²) in [5, 5.41) is 3.55. The molecule has 2 aromatic heterocycles. The Kier molecular flexibility index (Phi) is 6.64. The average Bonchev–Trinajstić information content (AvgIpc) is 3.21. The molecule has 3 heterocycles. The van der Waals surface area contributed by atoms with Crippen molar-refractivity contribution in [2.45, 2.75) is 32.6 Å². The average molecular weight is 429 g/mol. The van der Waals surface area contributed by atoms with Crippen LogP contribution in [-0.2, 0) is 4.74 Å². The van der Waals surface area contributed by atoms with Crippen molar-refractivity contribution < 1.29 is 14.3 Å². The quantitative estimate of drug-likeness (QED) is 0.721. The number of urea groups is 1.